The second-order valence-electron chi connectivity index (χ2n) is 5.25. The lowest BCUT2D eigenvalue weighted by Crippen LogP contribution is -2.18. The Morgan fingerprint density at radius 2 is 2.10 bits per heavy atom. The van der Waals surface area contributed by atoms with E-state index in [1.807, 2.05) is 12.1 Å². The maximum atomic E-state index is 13.4. The van der Waals surface area contributed by atoms with E-state index in [0.717, 1.165) is 18.9 Å². The number of non-ortho nitro benzene ring substituents is 1. The first-order chi connectivity index (χ1) is 10.1. The van der Waals surface area contributed by atoms with Crippen LogP contribution < -0.4 is 5.32 Å². The molecule has 21 heavy (non-hydrogen) atoms. The molecular weight excluding hydrogens is 271 g/mol. The molecule has 0 saturated heterocycles. The number of hydrogen-bond acceptors (Lipinski definition) is 3. The number of fused-ring (bicyclic) bond motifs is 1. The minimum atomic E-state index is -0.576. The van der Waals surface area contributed by atoms with Gasteiger partial charge in [0, 0.05) is 18.7 Å². The van der Waals surface area contributed by atoms with Gasteiger partial charge in [-0.15, -0.1) is 0 Å². The van der Waals surface area contributed by atoms with Gasteiger partial charge in [0.25, 0.3) is 5.69 Å². The zero-order valence-corrected chi connectivity index (χ0v) is 11.4. The Morgan fingerprint density at radius 3 is 2.90 bits per heavy atom. The maximum absolute atomic E-state index is 13.4. The SMILES string of the molecule is O=[N+]([O-])c1cc(F)cc(CNC2CCc3ccccc32)c1. The van der Waals surface area contributed by atoms with E-state index in [9.17, 15) is 14.5 Å². The van der Waals surface area contributed by atoms with E-state index in [2.05, 4.69) is 17.4 Å². The number of nitro benzene ring substituents is 1. The summed E-state index contributed by atoms with van der Waals surface area (Å²) in [5, 5.41) is 14.1. The van der Waals surface area contributed by atoms with Crippen molar-refractivity contribution in [2.75, 3.05) is 0 Å². The summed E-state index contributed by atoms with van der Waals surface area (Å²) in [4.78, 5) is 10.2. The topological polar surface area (TPSA) is 55.2 Å². The number of benzene rings is 2. The van der Waals surface area contributed by atoms with E-state index in [4.69, 9.17) is 0 Å². The van der Waals surface area contributed by atoms with Crippen molar-refractivity contribution < 1.29 is 9.31 Å². The minimum Gasteiger partial charge on any atom is -0.306 e. The number of rotatable bonds is 4. The van der Waals surface area contributed by atoms with Crippen LogP contribution in [-0.4, -0.2) is 4.92 Å². The van der Waals surface area contributed by atoms with Crippen molar-refractivity contribution in [3.05, 3.63) is 75.1 Å². The van der Waals surface area contributed by atoms with E-state index < -0.39 is 10.7 Å². The molecule has 3 rings (SSSR count). The molecule has 5 heteroatoms. The predicted molar refractivity (Wildman–Crippen MR) is 77.4 cm³/mol. The van der Waals surface area contributed by atoms with Crippen LogP contribution in [0.15, 0.2) is 42.5 Å². The summed E-state index contributed by atoms with van der Waals surface area (Å²) in [5.74, 6) is -0.576. The molecule has 2 aromatic rings. The van der Waals surface area contributed by atoms with Gasteiger partial charge in [-0.25, -0.2) is 4.39 Å². The number of nitrogens with one attached hydrogen (secondary N) is 1. The van der Waals surface area contributed by atoms with Crippen molar-refractivity contribution in [3.63, 3.8) is 0 Å². The van der Waals surface area contributed by atoms with Gasteiger partial charge < -0.3 is 5.32 Å². The second kappa shape index (κ2) is 5.61. The molecule has 1 aliphatic carbocycles. The summed E-state index contributed by atoms with van der Waals surface area (Å²) < 4.78 is 13.4. The highest BCUT2D eigenvalue weighted by molar-refractivity contribution is 5.36. The normalized spacial score (nSPS) is 16.7. The fraction of sp³-hybridized carbons (Fsp3) is 0.250. The van der Waals surface area contributed by atoms with Crippen LogP contribution in [0.3, 0.4) is 0 Å². The molecule has 1 N–H and O–H groups in total. The van der Waals surface area contributed by atoms with Gasteiger partial charge in [0.15, 0.2) is 0 Å². The number of nitrogens with zero attached hydrogens (tertiary/aromatic N) is 1. The Kier molecular flexibility index (Phi) is 3.66. The van der Waals surface area contributed by atoms with Gasteiger partial charge in [-0.05, 0) is 35.6 Å². The van der Waals surface area contributed by atoms with Gasteiger partial charge >= 0.3 is 0 Å². The Balaban J connectivity index is 1.73. The van der Waals surface area contributed by atoms with E-state index in [-0.39, 0.29) is 11.7 Å². The molecule has 0 aliphatic heterocycles. The van der Waals surface area contributed by atoms with Crippen molar-refractivity contribution in [3.8, 4) is 0 Å². The predicted octanol–water partition coefficient (Wildman–Crippen LogP) is 3.51. The summed E-state index contributed by atoms with van der Waals surface area (Å²) in [5.41, 5.74) is 2.98. The smallest absolute Gasteiger partial charge is 0.272 e. The number of nitro groups is 1. The van der Waals surface area contributed by atoms with Crippen molar-refractivity contribution in [2.24, 2.45) is 0 Å². The quantitative estimate of drug-likeness (QED) is 0.691. The van der Waals surface area contributed by atoms with Crippen LogP contribution in [0.1, 0.15) is 29.2 Å². The van der Waals surface area contributed by atoms with Crippen molar-refractivity contribution in [1.29, 1.82) is 0 Å². The molecule has 1 unspecified atom stereocenters. The van der Waals surface area contributed by atoms with Gasteiger partial charge in [0.2, 0.25) is 0 Å². The molecule has 0 amide bonds. The highest BCUT2D eigenvalue weighted by Gasteiger charge is 2.21. The Bertz CT molecular complexity index is 688. The van der Waals surface area contributed by atoms with Gasteiger partial charge in [-0.2, -0.15) is 0 Å². The first-order valence-corrected chi connectivity index (χ1v) is 6.88. The molecule has 0 aromatic heterocycles. The van der Waals surface area contributed by atoms with Crippen LogP contribution in [0.2, 0.25) is 0 Å². The van der Waals surface area contributed by atoms with Crippen molar-refractivity contribution in [1.82, 2.24) is 5.32 Å². The highest BCUT2D eigenvalue weighted by Crippen LogP contribution is 2.31. The molecule has 1 atom stereocenters. The lowest BCUT2D eigenvalue weighted by Gasteiger charge is -2.14. The molecule has 1 aliphatic rings. The van der Waals surface area contributed by atoms with Crippen molar-refractivity contribution >= 4 is 5.69 Å². The summed E-state index contributed by atoms with van der Waals surface area (Å²) in [7, 11) is 0. The number of hydrogen-bond donors (Lipinski definition) is 1. The molecule has 0 radical (unpaired) electrons. The Hall–Kier alpha value is -2.27. The average Bonchev–Trinajstić information content (AvgIpc) is 2.88. The van der Waals surface area contributed by atoms with Gasteiger partial charge in [-0.1, -0.05) is 24.3 Å². The standard InChI is InChI=1S/C16H15FN2O2/c17-13-7-11(8-14(9-13)19(20)21)10-18-16-6-5-12-3-1-2-4-15(12)16/h1-4,7-9,16,18H,5-6,10H2. The van der Waals surface area contributed by atoms with E-state index in [1.54, 1.807) is 0 Å². The first kappa shape index (κ1) is 13.7. The molecule has 0 spiro atoms. The molecule has 2 aromatic carbocycles. The Morgan fingerprint density at radius 1 is 1.29 bits per heavy atom. The van der Waals surface area contributed by atoms with Crippen LogP contribution in [0.5, 0.6) is 0 Å². The van der Waals surface area contributed by atoms with Gasteiger partial charge in [0.05, 0.1) is 11.0 Å². The number of halogens is 1. The summed E-state index contributed by atoms with van der Waals surface area (Å²) in [6.45, 7) is 0.414. The maximum Gasteiger partial charge on any atom is 0.272 e. The molecule has 108 valence electrons. The number of aryl methyl sites for hydroxylation is 1. The first-order valence-electron chi connectivity index (χ1n) is 6.88. The Labute approximate surface area is 121 Å². The molecular formula is C16H15FN2O2. The second-order valence-corrected chi connectivity index (χ2v) is 5.25. The lowest BCUT2D eigenvalue weighted by molar-refractivity contribution is -0.385. The molecule has 0 heterocycles. The van der Waals surface area contributed by atoms with Crippen molar-refractivity contribution in [2.45, 2.75) is 25.4 Å². The summed E-state index contributed by atoms with van der Waals surface area (Å²) in [6.07, 6.45) is 2.02. The molecule has 4 nitrogen and oxygen atoms in total. The molecule has 0 fully saturated rings. The zero-order chi connectivity index (χ0) is 14.8. The van der Waals surface area contributed by atoms with Crippen LogP contribution in [0.25, 0.3) is 0 Å². The third-order valence-corrected chi connectivity index (χ3v) is 3.84. The summed E-state index contributed by atoms with van der Waals surface area (Å²) in [6, 6.07) is 12.1. The fourth-order valence-electron chi connectivity index (χ4n) is 2.85. The van der Waals surface area contributed by atoms with E-state index in [1.165, 1.54) is 23.3 Å². The zero-order valence-electron chi connectivity index (χ0n) is 11.4. The van der Waals surface area contributed by atoms with Crippen LogP contribution in [-0.2, 0) is 13.0 Å². The van der Waals surface area contributed by atoms with E-state index >= 15 is 0 Å². The lowest BCUT2D eigenvalue weighted by atomic mass is 10.1. The van der Waals surface area contributed by atoms with Gasteiger partial charge in [0.1, 0.15) is 5.82 Å². The third-order valence-electron chi connectivity index (χ3n) is 3.84. The molecule has 0 bridgehead atoms. The highest BCUT2D eigenvalue weighted by atomic mass is 19.1. The average molecular weight is 286 g/mol. The minimum absolute atomic E-state index is 0.210. The fourth-order valence-corrected chi connectivity index (χ4v) is 2.85. The van der Waals surface area contributed by atoms with Crippen LogP contribution in [0, 0.1) is 15.9 Å². The summed E-state index contributed by atoms with van der Waals surface area (Å²) >= 11 is 0. The largest absolute Gasteiger partial charge is 0.306 e. The van der Waals surface area contributed by atoms with Crippen LogP contribution in [0.4, 0.5) is 10.1 Å². The van der Waals surface area contributed by atoms with Crippen LogP contribution >= 0.6 is 0 Å². The third kappa shape index (κ3) is 2.92. The van der Waals surface area contributed by atoms with Gasteiger partial charge in [-0.3, -0.25) is 10.1 Å². The molecule has 0 saturated carbocycles. The monoisotopic (exact) mass is 286 g/mol. The van der Waals surface area contributed by atoms with E-state index in [0.29, 0.717) is 12.1 Å².